The van der Waals surface area contributed by atoms with E-state index >= 15 is 0 Å². The lowest BCUT2D eigenvalue weighted by Crippen LogP contribution is -1.96. The average molecular weight is 426 g/mol. The van der Waals surface area contributed by atoms with Gasteiger partial charge < -0.3 is 5.32 Å². The van der Waals surface area contributed by atoms with E-state index in [9.17, 15) is 0 Å². The maximum Gasteiger partial charge on any atom is 0.141 e. The van der Waals surface area contributed by atoms with Gasteiger partial charge in [-0.2, -0.15) is 0 Å². The summed E-state index contributed by atoms with van der Waals surface area (Å²) in [7, 11) is 0. The van der Waals surface area contributed by atoms with Crippen LogP contribution < -0.4 is 5.32 Å². The number of benzene rings is 2. The minimum atomic E-state index is 0.825. The molecule has 3 nitrogen and oxygen atoms in total. The van der Waals surface area contributed by atoms with Crippen molar-refractivity contribution in [2.75, 3.05) is 5.32 Å². The van der Waals surface area contributed by atoms with Crippen LogP contribution >= 0.6 is 38.5 Å². The molecular weight excluding hydrogens is 417 g/mol. The molecule has 0 unspecified atom stereocenters. The molecule has 0 saturated carbocycles. The summed E-state index contributed by atoms with van der Waals surface area (Å²) in [4.78, 5) is 8.61. The number of aromatic nitrogens is 2. The lowest BCUT2D eigenvalue weighted by atomic mass is 10.2. The fourth-order valence-corrected chi connectivity index (χ4v) is 2.55. The normalized spacial score (nSPS) is 10.6. The van der Waals surface area contributed by atoms with Crippen molar-refractivity contribution in [1.29, 1.82) is 0 Å². The van der Waals surface area contributed by atoms with Gasteiger partial charge in [0.25, 0.3) is 0 Å². The highest BCUT2D eigenvalue weighted by Crippen LogP contribution is 2.25. The smallest absolute Gasteiger partial charge is 0.141 e. The van der Waals surface area contributed by atoms with Crippen LogP contribution in [0.3, 0.4) is 0 Å². The van der Waals surface area contributed by atoms with Crippen molar-refractivity contribution < 1.29 is 0 Å². The van der Waals surface area contributed by atoms with Crippen LogP contribution in [-0.4, -0.2) is 9.97 Å². The van der Waals surface area contributed by atoms with Gasteiger partial charge in [0.1, 0.15) is 12.1 Å². The molecule has 3 aromatic rings. The number of halogens is 2. The molecule has 0 atom stereocenters. The van der Waals surface area contributed by atoms with E-state index in [1.165, 1.54) is 3.57 Å². The van der Waals surface area contributed by atoms with Crippen LogP contribution in [-0.2, 0) is 0 Å². The second-order valence-corrected chi connectivity index (χ2v) is 6.18. The monoisotopic (exact) mass is 425 g/mol. The second kappa shape index (κ2) is 5.42. The maximum absolute atomic E-state index is 4.33. The Morgan fingerprint density at radius 2 is 1.79 bits per heavy atom. The summed E-state index contributed by atoms with van der Waals surface area (Å²) in [5, 5.41) is 4.35. The molecule has 0 aliphatic heterocycles. The van der Waals surface area contributed by atoms with Crippen LogP contribution in [0.25, 0.3) is 10.9 Å². The van der Waals surface area contributed by atoms with Crippen LogP contribution in [0.1, 0.15) is 0 Å². The minimum absolute atomic E-state index is 0.825. The molecule has 0 radical (unpaired) electrons. The van der Waals surface area contributed by atoms with Crippen LogP contribution in [0.4, 0.5) is 11.5 Å². The van der Waals surface area contributed by atoms with Gasteiger partial charge in [-0.1, -0.05) is 15.9 Å². The van der Waals surface area contributed by atoms with E-state index in [0.717, 1.165) is 26.9 Å². The summed E-state index contributed by atoms with van der Waals surface area (Å²) in [5.41, 5.74) is 1.94. The molecular formula is C14H9BrIN3. The summed E-state index contributed by atoms with van der Waals surface area (Å²) in [6.07, 6.45) is 1.58. The standard InChI is InChI=1S/C14H9BrIN3/c15-9-1-4-11(5-2-9)19-14-12-7-10(16)3-6-13(12)17-8-18-14/h1-8H,(H,17,18,19). The van der Waals surface area contributed by atoms with E-state index in [1.54, 1.807) is 6.33 Å². The Bertz CT molecular complexity index is 728. The first-order valence-electron chi connectivity index (χ1n) is 5.65. The number of hydrogen-bond acceptors (Lipinski definition) is 3. The van der Waals surface area contributed by atoms with Gasteiger partial charge in [0.2, 0.25) is 0 Å². The first-order chi connectivity index (χ1) is 9.22. The Labute approximate surface area is 132 Å². The third-order valence-electron chi connectivity index (χ3n) is 2.70. The van der Waals surface area contributed by atoms with Crippen molar-refractivity contribution in [3.05, 3.63) is 56.8 Å². The molecule has 0 aliphatic rings. The number of nitrogens with one attached hydrogen (secondary N) is 1. The van der Waals surface area contributed by atoms with Crippen LogP contribution in [0, 0.1) is 3.57 Å². The molecule has 1 aromatic heterocycles. The van der Waals surface area contributed by atoms with Gasteiger partial charge in [0, 0.05) is 19.1 Å². The molecule has 19 heavy (non-hydrogen) atoms. The van der Waals surface area contributed by atoms with E-state index in [0.29, 0.717) is 0 Å². The minimum Gasteiger partial charge on any atom is -0.340 e. The van der Waals surface area contributed by atoms with Crippen molar-refractivity contribution in [2.24, 2.45) is 0 Å². The van der Waals surface area contributed by atoms with Crippen molar-refractivity contribution in [3.8, 4) is 0 Å². The molecule has 2 aromatic carbocycles. The van der Waals surface area contributed by atoms with E-state index in [-0.39, 0.29) is 0 Å². The summed E-state index contributed by atoms with van der Waals surface area (Å²) in [6, 6.07) is 14.1. The Morgan fingerprint density at radius 1 is 1.00 bits per heavy atom. The fraction of sp³-hybridized carbons (Fsp3) is 0. The number of fused-ring (bicyclic) bond motifs is 1. The molecule has 0 saturated heterocycles. The van der Waals surface area contributed by atoms with Gasteiger partial charge in [0.05, 0.1) is 5.52 Å². The van der Waals surface area contributed by atoms with E-state index < -0.39 is 0 Å². The van der Waals surface area contributed by atoms with E-state index in [2.05, 4.69) is 59.9 Å². The Balaban J connectivity index is 2.05. The zero-order chi connectivity index (χ0) is 13.2. The summed E-state index contributed by atoms with van der Waals surface area (Å²) >= 11 is 5.72. The molecule has 0 amide bonds. The number of hydrogen-bond donors (Lipinski definition) is 1. The summed E-state index contributed by atoms with van der Waals surface area (Å²) < 4.78 is 2.22. The van der Waals surface area contributed by atoms with E-state index in [4.69, 9.17) is 0 Å². The van der Waals surface area contributed by atoms with Gasteiger partial charge >= 0.3 is 0 Å². The Kier molecular flexibility index (Phi) is 3.65. The zero-order valence-electron chi connectivity index (χ0n) is 9.77. The predicted octanol–water partition coefficient (Wildman–Crippen LogP) is 4.74. The fourth-order valence-electron chi connectivity index (χ4n) is 1.80. The number of nitrogens with zero attached hydrogens (tertiary/aromatic N) is 2. The first kappa shape index (κ1) is 12.8. The Hall–Kier alpha value is -1.21. The highest BCUT2D eigenvalue weighted by atomic mass is 127. The van der Waals surface area contributed by atoms with Crippen molar-refractivity contribution in [3.63, 3.8) is 0 Å². The summed E-state index contributed by atoms with van der Waals surface area (Å²) in [5.74, 6) is 0.825. The van der Waals surface area contributed by atoms with Gasteiger partial charge in [-0.05, 0) is 65.1 Å². The maximum atomic E-state index is 4.33. The Morgan fingerprint density at radius 3 is 2.58 bits per heavy atom. The molecule has 5 heteroatoms. The van der Waals surface area contributed by atoms with Crippen LogP contribution in [0.5, 0.6) is 0 Å². The lowest BCUT2D eigenvalue weighted by molar-refractivity contribution is 1.22. The van der Waals surface area contributed by atoms with Gasteiger partial charge in [-0.25, -0.2) is 9.97 Å². The molecule has 0 bridgehead atoms. The topological polar surface area (TPSA) is 37.8 Å². The molecule has 0 aliphatic carbocycles. The SMILES string of the molecule is Brc1ccc(Nc2ncnc3ccc(I)cc23)cc1. The lowest BCUT2D eigenvalue weighted by Gasteiger charge is -2.08. The van der Waals surface area contributed by atoms with Gasteiger partial charge in [0.15, 0.2) is 0 Å². The average Bonchev–Trinajstić information content (AvgIpc) is 2.42. The van der Waals surface area contributed by atoms with Crippen molar-refractivity contribution in [2.45, 2.75) is 0 Å². The van der Waals surface area contributed by atoms with Gasteiger partial charge in [-0.3, -0.25) is 0 Å². The predicted molar refractivity (Wildman–Crippen MR) is 89.7 cm³/mol. The molecule has 3 rings (SSSR count). The highest BCUT2D eigenvalue weighted by Gasteiger charge is 2.04. The van der Waals surface area contributed by atoms with Crippen molar-refractivity contribution in [1.82, 2.24) is 9.97 Å². The third kappa shape index (κ3) is 2.87. The first-order valence-corrected chi connectivity index (χ1v) is 7.52. The van der Waals surface area contributed by atoms with Crippen LogP contribution in [0.2, 0.25) is 0 Å². The van der Waals surface area contributed by atoms with Gasteiger partial charge in [-0.15, -0.1) is 0 Å². The van der Waals surface area contributed by atoms with Crippen molar-refractivity contribution >= 4 is 60.9 Å². The highest BCUT2D eigenvalue weighted by molar-refractivity contribution is 14.1. The largest absolute Gasteiger partial charge is 0.340 e. The number of rotatable bonds is 2. The molecule has 0 fully saturated rings. The molecule has 1 N–H and O–H groups in total. The molecule has 0 spiro atoms. The molecule has 94 valence electrons. The quantitative estimate of drug-likeness (QED) is 0.602. The van der Waals surface area contributed by atoms with Crippen LogP contribution in [0.15, 0.2) is 53.3 Å². The molecule has 1 heterocycles. The second-order valence-electron chi connectivity index (χ2n) is 4.02. The summed E-state index contributed by atoms with van der Waals surface area (Å²) in [6.45, 7) is 0. The zero-order valence-corrected chi connectivity index (χ0v) is 13.5. The number of anilines is 2. The van der Waals surface area contributed by atoms with E-state index in [1.807, 2.05) is 36.4 Å². The third-order valence-corrected chi connectivity index (χ3v) is 3.90.